The summed E-state index contributed by atoms with van der Waals surface area (Å²) >= 11 is 0. The predicted molar refractivity (Wildman–Crippen MR) is 178 cm³/mol. The third kappa shape index (κ3) is 5.99. The van der Waals surface area contributed by atoms with E-state index in [9.17, 15) is 0 Å². The molecule has 4 heterocycles. The Morgan fingerprint density at radius 3 is 1.27 bits per heavy atom. The van der Waals surface area contributed by atoms with Gasteiger partial charge in [0.05, 0.1) is 41.3 Å². The van der Waals surface area contributed by atoms with Crippen LogP contribution in [0.3, 0.4) is 0 Å². The lowest BCUT2D eigenvalue weighted by atomic mass is 9.35. The van der Waals surface area contributed by atoms with E-state index in [0.717, 1.165) is 65.7 Å². The van der Waals surface area contributed by atoms with Crippen molar-refractivity contribution in [1.29, 1.82) is 0 Å². The zero-order valence-electron chi connectivity index (χ0n) is 29.6. The first-order valence-corrected chi connectivity index (χ1v) is 19.4. The fourth-order valence-electron chi connectivity index (χ4n) is 12.1. The first kappa shape index (κ1) is 35.7. The Balaban J connectivity index is 0.000000707. The molecule has 6 aliphatic rings. The van der Waals surface area contributed by atoms with Gasteiger partial charge >= 0.3 is 0 Å². The molecule has 0 spiro atoms. The monoisotopic (exact) mass is 698 g/mol. The summed E-state index contributed by atoms with van der Waals surface area (Å²) in [6.07, 6.45) is 2.52. The van der Waals surface area contributed by atoms with Crippen molar-refractivity contribution in [2.75, 3.05) is 65.7 Å². The number of likely N-dealkylation sites (tertiary alicyclic amines) is 2. The lowest BCUT2D eigenvalue weighted by Gasteiger charge is -2.69. The molecule has 6 fully saturated rings. The summed E-state index contributed by atoms with van der Waals surface area (Å²) in [5.74, 6) is 0. The molecule has 6 atom stereocenters. The minimum atomic E-state index is -4.69. The Morgan fingerprint density at radius 2 is 0.939 bits per heavy atom. The van der Waals surface area contributed by atoms with Crippen LogP contribution < -0.4 is 14.0 Å². The van der Waals surface area contributed by atoms with Crippen LogP contribution in [0.2, 0.25) is 0 Å². The maximum absolute atomic E-state index is 8.60. The number of hydrogen-bond acceptors (Lipinski definition) is 10. The third-order valence-electron chi connectivity index (χ3n) is 14.0. The van der Waals surface area contributed by atoms with Gasteiger partial charge in [-0.1, -0.05) is 88.4 Å². The average Bonchev–Trinajstić information content (AvgIpc) is 3.25. The SMILES string of the molecule is CC1(C)[C@H]2C[C@@H]3N(Cc4ccccc4)[C@@H]4C[C@H](N2Cc2ccccc2)[C@]1(CN1CCOCC1)[C@@]3(CN1CCOCC1)C4(C)C.[O-][Cl+3]([O-])([O-])O. The summed E-state index contributed by atoms with van der Waals surface area (Å²) in [4.78, 5) is 11.7. The number of fused-ring (bicyclic) bond motifs is 2. The van der Waals surface area contributed by atoms with Crippen LogP contribution in [-0.2, 0) is 22.6 Å². The van der Waals surface area contributed by atoms with Gasteiger partial charge in [-0.3, -0.25) is 19.6 Å². The zero-order valence-corrected chi connectivity index (χ0v) is 30.4. The predicted octanol–water partition coefficient (Wildman–Crippen LogP) is 0.865. The van der Waals surface area contributed by atoms with E-state index in [1.807, 2.05) is 0 Å². The summed E-state index contributed by atoms with van der Waals surface area (Å²) in [5.41, 5.74) is 3.61. The summed E-state index contributed by atoms with van der Waals surface area (Å²) in [7, 11) is -4.69. The first-order chi connectivity index (χ1) is 23.3. The van der Waals surface area contributed by atoms with Gasteiger partial charge in [0.1, 0.15) is 0 Å². The highest BCUT2D eigenvalue weighted by atomic mass is 35.7. The molecule has 0 amide bonds. The second kappa shape index (κ2) is 13.4. The molecular weight excluding hydrogens is 644 g/mol. The number of hydrogen-bond donors (Lipinski definition) is 1. The van der Waals surface area contributed by atoms with Gasteiger partial charge < -0.3 is 9.47 Å². The van der Waals surface area contributed by atoms with Gasteiger partial charge in [0.25, 0.3) is 0 Å². The summed E-state index contributed by atoms with van der Waals surface area (Å²) in [5, 5.41) is 0. The maximum Gasteiger partial charge on any atom is 0.0777 e. The van der Waals surface area contributed by atoms with Crippen molar-refractivity contribution in [1.82, 2.24) is 19.6 Å². The Morgan fingerprint density at radius 1 is 0.612 bits per heavy atom. The zero-order chi connectivity index (χ0) is 34.7. The molecule has 4 saturated heterocycles. The summed E-state index contributed by atoms with van der Waals surface area (Å²) < 4.78 is 44.6. The van der Waals surface area contributed by atoms with Crippen LogP contribution in [0, 0.1) is 31.9 Å². The topological polar surface area (TPSA) is 121 Å². The molecule has 49 heavy (non-hydrogen) atoms. The second-order valence-corrected chi connectivity index (χ2v) is 17.2. The highest BCUT2D eigenvalue weighted by molar-refractivity contribution is 5.38. The molecule has 0 unspecified atom stereocenters. The molecular formula is C38H55ClN4O6. The van der Waals surface area contributed by atoms with Crippen LogP contribution in [0.1, 0.15) is 51.7 Å². The molecule has 1 N–H and O–H groups in total. The molecule has 11 heteroatoms. The fraction of sp³-hybridized carbons (Fsp3) is 0.684. The molecule has 10 nitrogen and oxygen atoms in total. The molecule has 8 rings (SSSR count). The number of ether oxygens (including phenoxy) is 2. The van der Waals surface area contributed by atoms with Gasteiger partial charge in [0.2, 0.25) is 0 Å². The van der Waals surface area contributed by atoms with E-state index >= 15 is 0 Å². The molecule has 2 aromatic rings. The minimum Gasteiger partial charge on any atom is -0.379 e. The lowest BCUT2D eigenvalue weighted by molar-refractivity contribution is -1.92. The quantitative estimate of drug-likeness (QED) is 0.425. The summed E-state index contributed by atoms with van der Waals surface area (Å²) in [6, 6.07) is 24.9. The van der Waals surface area contributed by atoms with Crippen molar-refractivity contribution >= 4 is 0 Å². The van der Waals surface area contributed by atoms with E-state index in [1.165, 1.54) is 37.1 Å². The summed E-state index contributed by atoms with van der Waals surface area (Å²) in [6.45, 7) is 23.0. The average molecular weight is 699 g/mol. The molecule has 2 aliphatic carbocycles. The van der Waals surface area contributed by atoms with Gasteiger partial charge in [-0.25, -0.2) is 0 Å². The maximum atomic E-state index is 8.60. The molecule has 0 aromatic heterocycles. The van der Waals surface area contributed by atoms with Crippen molar-refractivity contribution in [2.24, 2.45) is 21.7 Å². The molecule has 4 aliphatic heterocycles. The van der Waals surface area contributed by atoms with Crippen molar-refractivity contribution in [3.63, 3.8) is 0 Å². The number of halogens is 1. The number of benzene rings is 2. The van der Waals surface area contributed by atoms with Crippen LogP contribution in [0.15, 0.2) is 60.7 Å². The van der Waals surface area contributed by atoms with Crippen LogP contribution >= 0.6 is 0 Å². The van der Waals surface area contributed by atoms with Crippen LogP contribution in [0.5, 0.6) is 0 Å². The van der Waals surface area contributed by atoms with Crippen molar-refractivity contribution < 1.29 is 38.4 Å². The Hall–Kier alpha value is -1.67. The molecule has 2 aromatic carbocycles. The first-order valence-electron chi connectivity index (χ1n) is 18.1. The van der Waals surface area contributed by atoms with Gasteiger partial charge in [-0.15, -0.1) is 0 Å². The van der Waals surface area contributed by atoms with E-state index in [2.05, 4.69) is 108 Å². The minimum absolute atomic E-state index is 0.156. The van der Waals surface area contributed by atoms with E-state index in [1.54, 1.807) is 0 Å². The van der Waals surface area contributed by atoms with Crippen LogP contribution in [0.4, 0.5) is 0 Å². The molecule has 270 valence electrons. The number of morpholine rings is 2. The van der Waals surface area contributed by atoms with E-state index in [4.69, 9.17) is 28.1 Å². The van der Waals surface area contributed by atoms with E-state index in [-0.39, 0.29) is 21.7 Å². The number of rotatable bonds is 8. The number of nitrogens with zero attached hydrogens (tertiary/aromatic N) is 4. The van der Waals surface area contributed by atoms with Crippen molar-refractivity contribution in [3.8, 4) is 0 Å². The Bertz CT molecular complexity index is 1310. The smallest absolute Gasteiger partial charge is 0.0777 e. The van der Waals surface area contributed by atoms with Gasteiger partial charge in [0, 0.05) is 87.4 Å². The third-order valence-corrected chi connectivity index (χ3v) is 14.0. The molecule has 2 saturated carbocycles. The second-order valence-electron chi connectivity index (χ2n) is 16.4. The van der Waals surface area contributed by atoms with Gasteiger partial charge in [0.15, 0.2) is 0 Å². The van der Waals surface area contributed by atoms with Crippen molar-refractivity contribution in [2.45, 2.75) is 77.8 Å². The van der Waals surface area contributed by atoms with Gasteiger partial charge in [-0.2, -0.15) is 14.0 Å². The molecule has 4 bridgehead atoms. The normalized spacial score (nSPS) is 35.7. The highest BCUT2D eigenvalue weighted by Gasteiger charge is 2.85. The van der Waals surface area contributed by atoms with Crippen LogP contribution in [0.25, 0.3) is 0 Å². The highest BCUT2D eigenvalue weighted by Crippen LogP contribution is 2.80. The Kier molecular flexibility index (Phi) is 9.76. The van der Waals surface area contributed by atoms with Gasteiger partial charge in [-0.05, 0) is 34.8 Å². The lowest BCUT2D eigenvalue weighted by Crippen LogP contribution is -2.75. The van der Waals surface area contributed by atoms with E-state index in [0.29, 0.717) is 24.2 Å². The van der Waals surface area contributed by atoms with E-state index < -0.39 is 10.2 Å². The molecule has 0 radical (unpaired) electrons. The standard InChI is InChI=1S/C38H54N4O2.ClHO4/c1-35(2)31-23-34-38(28-40-17-21-44-22-18-40)36(3,4)32(42(34)26-30-13-9-6-10-14-30)24-33(41(31)25-29-11-7-5-8-12-29)37(35,38)27-39-15-19-43-20-16-39;2-1(3,4)5/h5-14,31-34H,15-28H2,1-4H3;(H,2,3,4,5)/t31-,32-,33+,34+,37-,38+;/m1./s1. The van der Waals surface area contributed by atoms with Crippen LogP contribution in [-0.4, -0.2) is 114 Å². The van der Waals surface area contributed by atoms with Crippen molar-refractivity contribution in [3.05, 3.63) is 71.8 Å². The Labute approximate surface area is 294 Å². The fourth-order valence-corrected chi connectivity index (χ4v) is 12.1. The largest absolute Gasteiger partial charge is 0.379 e.